The van der Waals surface area contributed by atoms with Crippen molar-refractivity contribution in [3.8, 4) is 5.88 Å². The highest BCUT2D eigenvalue weighted by molar-refractivity contribution is 5.75. The Morgan fingerprint density at radius 3 is 2.85 bits per heavy atom. The molecule has 144 valence electrons. The highest BCUT2D eigenvalue weighted by atomic mass is 16.5. The third-order valence-electron chi connectivity index (χ3n) is 5.70. The van der Waals surface area contributed by atoms with Crippen molar-refractivity contribution in [2.45, 2.75) is 57.2 Å². The van der Waals surface area contributed by atoms with Gasteiger partial charge in [0.05, 0.1) is 6.04 Å². The Morgan fingerprint density at radius 2 is 2.07 bits per heavy atom. The van der Waals surface area contributed by atoms with Crippen molar-refractivity contribution in [2.75, 3.05) is 6.54 Å². The standard InChI is InChI=1S/C21H28N4O2/c1-24-13-5-10-18(24)19-11-6-14-25(19)21(26)23-15-16-7-4-12-22-20(16)27-17-8-2-3-9-17/h4-5,7,10,12-13,17,19H,2-3,6,8-9,11,14-15H2,1H3,(H,23,26). The second kappa shape index (κ2) is 8.03. The van der Waals surface area contributed by atoms with E-state index in [1.807, 2.05) is 36.3 Å². The van der Waals surface area contributed by atoms with Crippen molar-refractivity contribution in [2.24, 2.45) is 7.05 Å². The van der Waals surface area contributed by atoms with Gasteiger partial charge in [0, 0.05) is 43.8 Å². The molecule has 2 aromatic heterocycles. The third-order valence-corrected chi connectivity index (χ3v) is 5.70. The fraction of sp³-hybridized carbons (Fsp3) is 0.524. The predicted octanol–water partition coefficient (Wildman–Crippen LogP) is 3.79. The van der Waals surface area contributed by atoms with Crippen molar-refractivity contribution in [1.82, 2.24) is 19.8 Å². The van der Waals surface area contributed by atoms with Crippen LogP contribution in [0.1, 0.15) is 55.8 Å². The van der Waals surface area contributed by atoms with Crippen molar-refractivity contribution in [1.29, 1.82) is 0 Å². The molecule has 1 saturated heterocycles. The van der Waals surface area contributed by atoms with Gasteiger partial charge in [-0.1, -0.05) is 6.07 Å². The van der Waals surface area contributed by atoms with Gasteiger partial charge in [-0.15, -0.1) is 0 Å². The van der Waals surface area contributed by atoms with Gasteiger partial charge in [0.1, 0.15) is 6.10 Å². The van der Waals surface area contributed by atoms with Gasteiger partial charge in [-0.3, -0.25) is 0 Å². The minimum Gasteiger partial charge on any atom is -0.474 e. The number of carbonyl (C=O) groups is 1. The molecule has 2 amide bonds. The number of aromatic nitrogens is 2. The van der Waals surface area contributed by atoms with Gasteiger partial charge < -0.3 is 19.5 Å². The Kier molecular flexibility index (Phi) is 5.32. The van der Waals surface area contributed by atoms with E-state index in [2.05, 4.69) is 20.9 Å². The van der Waals surface area contributed by atoms with Crippen LogP contribution in [0.25, 0.3) is 0 Å². The van der Waals surface area contributed by atoms with Gasteiger partial charge >= 0.3 is 6.03 Å². The lowest BCUT2D eigenvalue weighted by Crippen LogP contribution is -2.39. The Bertz CT molecular complexity index is 782. The van der Waals surface area contributed by atoms with Crippen molar-refractivity contribution in [3.05, 3.63) is 47.9 Å². The minimum atomic E-state index is -0.0191. The molecule has 1 aliphatic carbocycles. The molecule has 0 spiro atoms. The highest BCUT2D eigenvalue weighted by Crippen LogP contribution is 2.32. The SMILES string of the molecule is Cn1cccc1C1CCCN1C(=O)NCc1cccnc1OC1CCCC1. The van der Waals surface area contributed by atoms with E-state index >= 15 is 0 Å². The first-order valence-corrected chi connectivity index (χ1v) is 9.98. The van der Waals surface area contributed by atoms with Crippen molar-refractivity contribution < 1.29 is 9.53 Å². The van der Waals surface area contributed by atoms with Crippen LogP contribution in [0, 0.1) is 0 Å². The lowest BCUT2D eigenvalue weighted by atomic mass is 10.1. The molecule has 1 N–H and O–H groups in total. The predicted molar refractivity (Wildman–Crippen MR) is 103 cm³/mol. The quantitative estimate of drug-likeness (QED) is 0.873. The summed E-state index contributed by atoms with van der Waals surface area (Å²) in [5, 5.41) is 3.08. The Morgan fingerprint density at radius 1 is 1.22 bits per heavy atom. The van der Waals surface area contributed by atoms with Gasteiger partial charge in [-0.25, -0.2) is 9.78 Å². The third kappa shape index (κ3) is 3.94. The fourth-order valence-electron chi connectivity index (χ4n) is 4.24. The molecule has 0 radical (unpaired) electrons. The molecule has 6 heteroatoms. The van der Waals surface area contributed by atoms with E-state index < -0.39 is 0 Å². The molecule has 2 aliphatic rings. The second-order valence-electron chi connectivity index (χ2n) is 7.55. The Balaban J connectivity index is 1.40. The number of hydrogen-bond donors (Lipinski definition) is 1. The summed E-state index contributed by atoms with van der Waals surface area (Å²) in [5.41, 5.74) is 2.13. The number of rotatable bonds is 5. The van der Waals surface area contributed by atoms with Crippen LogP contribution in [0.4, 0.5) is 4.79 Å². The van der Waals surface area contributed by atoms with Gasteiger partial charge in [0.2, 0.25) is 5.88 Å². The van der Waals surface area contributed by atoms with Gasteiger partial charge in [-0.05, 0) is 56.7 Å². The Labute approximate surface area is 160 Å². The van der Waals surface area contributed by atoms with E-state index in [9.17, 15) is 4.79 Å². The van der Waals surface area contributed by atoms with E-state index in [1.165, 1.54) is 18.5 Å². The monoisotopic (exact) mass is 368 g/mol. The highest BCUT2D eigenvalue weighted by Gasteiger charge is 2.31. The van der Waals surface area contributed by atoms with Crippen LogP contribution in [0.5, 0.6) is 5.88 Å². The van der Waals surface area contributed by atoms with E-state index in [0.717, 1.165) is 37.8 Å². The summed E-state index contributed by atoms with van der Waals surface area (Å²) >= 11 is 0. The number of nitrogens with one attached hydrogen (secondary N) is 1. The minimum absolute atomic E-state index is 0.0191. The summed E-state index contributed by atoms with van der Waals surface area (Å²) in [6, 6.07) is 8.14. The first kappa shape index (κ1) is 17.9. The van der Waals surface area contributed by atoms with Crippen LogP contribution >= 0.6 is 0 Å². The molecule has 6 nitrogen and oxygen atoms in total. The molecule has 1 atom stereocenters. The van der Waals surface area contributed by atoms with E-state index in [0.29, 0.717) is 12.4 Å². The number of ether oxygens (including phenoxy) is 1. The van der Waals surface area contributed by atoms with E-state index in [4.69, 9.17) is 4.74 Å². The lowest BCUT2D eigenvalue weighted by Gasteiger charge is -2.26. The molecule has 2 aromatic rings. The normalized spacial score (nSPS) is 20.2. The first-order chi connectivity index (χ1) is 13.2. The largest absolute Gasteiger partial charge is 0.474 e. The van der Waals surface area contributed by atoms with Crippen LogP contribution in [-0.4, -0.2) is 33.1 Å². The number of pyridine rings is 1. The van der Waals surface area contributed by atoms with Gasteiger partial charge in [0.15, 0.2) is 0 Å². The molecule has 3 heterocycles. The first-order valence-electron chi connectivity index (χ1n) is 9.98. The van der Waals surface area contributed by atoms with Crippen molar-refractivity contribution in [3.63, 3.8) is 0 Å². The number of hydrogen-bond acceptors (Lipinski definition) is 3. The second-order valence-corrected chi connectivity index (χ2v) is 7.55. The zero-order valence-electron chi connectivity index (χ0n) is 15.9. The fourth-order valence-corrected chi connectivity index (χ4v) is 4.24. The van der Waals surface area contributed by atoms with Crippen LogP contribution in [-0.2, 0) is 13.6 Å². The van der Waals surface area contributed by atoms with Gasteiger partial charge in [0.25, 0.3) is 0 Å². The maximum Gasteiger partial charge on any atom is 0.318 e. The molecule has 1 aliphatic heterocycles. The Hall–Kier alpha value is -2.50. The average Bonchev–Trinajstić information content (AvgIpc) is 3.42. The molecule has 1 saturated carbocycles. The lowest BCUT2D eigenvalue weighted by molar-refractivity contribution is 0.188. The van der Waals surface area contributed by atoms with Crippen LogP contribution < -0.4 is 10.1 Å². The summed E-state index contributed by atoms with van der Waals surface area (Å²) in [5.74, 6) is 0.658. The summed E-state index contributed by atoms with van der Waals surface area (Å²) in [4.78, 5) is 19.2. The zero-order chi connectivity index (χ0) is 18.6. The molecule has 27 heavy (non-hydrogen) atoms. The van der Waals surface area contributed by atoms with Crippen LogP contribution in [0.3, 0.4) is 0 Å². The average molecular weight is 368 g/mol. The number of likely N-dealkylation sites (tertiary alicyclic amines) is 1. The molecule has 4 rings (SSSR count). The topological polar surface area (TPSA) is 59.4 Å². The summed E-state index contributed by atoms with van der Waals surface area (Å²) in [7, 11) is 2.03. The van der Waals surface area contributed by atoms with Crippen LogP contribution in [0.15, 0.2) is 36.7 Å². The van der Waals surface area contributed by atoms with E-state index in [1.54, 1.807) is 6.20 Å². The summed E-state index contributed by atoms with van der Waals surface area (Å²) in [6.07, 6.45) is 10.7. The number of nitrogens with zero attached hydrogens (tertiary/aromatic N) is 3. The van der Waals surface area contributed by atoms with E-state index in [-0.39, 0.29) is 18.2 Å². The summed E-state index contributed by atoms with van der Waals surface area (Å²) < 4.78 is 8.18. The molecule has 2 fully saturated rings. The smallest absolute Gasteiger partial charge is 0.318 e. The number of urea groups is 1. The number of amides is 2. The van der Waals surface area contributed by atoms with Gasteiger partial charge in [-0.2, -0.15) is 0 Å². The molecular weight excluding hydrogens is 340 g/mol. The molecule has 1 unspecified atom stereocenters. The number of carbonyl (C=O) groups excluding carboxylic acids is 1. The maximum absolute atomic E-state index is 12.8. The van der Waals surface area contributed by atoms with Crippen molar-refractivity contribution >= 4 is 6.03 Å². The number of aryl methyl sites for hydroxylation is 1. The van der Waals surface area contributed by atoms with Crippen LogP contribution in [0.2, 0.25) is 0 Å². The zero-order valence-corrected chi connectivity index (χ0v) is 15.9. The molecule has 0 bridgehead atoms. The maximum atomic E-state index is 12.8. The summed E-state index contributed by atoms with van der Waals surface area (Å²) in [6.45, 7) is 1.23. The molecule has 0 aromatic carbocycles. The molecular formula is C21H28N4O2.